The molecule has 2 aromatic rings. The number of carbonyl (C=O) groups excluding carboxylic acids is 1. The summed E-state index contributed by atoms with van der Waals surface area (Å²) in [6.45, 7) is 10.6. The number of ether oxygens (including phenoxy) is 2. The molecule has 0 radical (unpaired) electrons. The lowest BCUT2D eigenvalue weighted by molar-refractivity contribution is -0.157. The molecule has 0 saturated heterocycles. The van der Waals surface area contributed by atoms with Gasteiger partial charge in [-0.05, 0) is 59.2 Å². The van der Waals surface area contributed by atoms with E-state index in [1.54, 1.807) is 40.7 Å². The topological polar surface area (TPSA) is 65.7 Å². The molecule has 0 bridgehead atoms. The number of hydrogen-bond donors (Lipinski definition) is 0. The van der Waals surface area contributed by atoms with Crippen molar-refractivity contribution in [1.29, 1.82) is 0 Å². The van der Waals surface area contributed by atoms with Crippen molar-refractivity contribution in [1.82, 2.24) is 0 Å². The Labute approximate surface area is 135 Å². The van der Waals surface area contributed by atoms with Crippen LogP contribution < -0.4 is 10.4 Å². The van der Waals surface area contributed by atoms with E-state index in [4.69, 9.17) is 13.9 Å². The van der Waals surface area contributed by atoms with Crippen LogP contribution in [0.1, 0.15) is 37.5 Å². The Bertz CT molecular complexity index is 809. The van der Waals surface area contributed by atoms with Gasteiger partial charge in [0.05, 0.1) is 0 Å². The zero-order valence-corrected chi connectivity index (χ0v) is 14.4. The standard InChI is InChI=1S/C18H22O5/c1-10-11(2)17(20)22-16-12(3)14(8-7-13(10)16)21-9-15(19)23-18(4,5)6/h7-8H,9H2,1-6H3. The second-order valence-corrected chi connectivity index (χ2v) is 6.58. The third-order valence-electron chi connectivity index (χ3n) is 3.59. The van der Waals surface area contributed by atoms with Crippen molar-refractivity contribution in [2.45, 2.75) is 47.1 Å². The van der Waals surface area contributed by atoms with Gasteiger partial charge >= 0.3 is 11.6 Å². The minimum absolute atomic E-state index is 0.196. The lowest BCUT2D eigenvalue weighted by Gasteiger charge is -2.19. The van der Waals surface area contributed by atoms with Crippen molar-refractivity contribution >= 4 is 16.9 Å². The fourth-order valence-corrected chi connectivity index (χ4v) is 2.29. The van der Waals surface area contributed by atoms with Crippen molar-refractivity contribution in [2.75, 3.05) is 6.61 Å². The molecule has 1 heterocycles. The normalized spacial score (nSPS) is 11.6. The summed E-state index contributed by atoms with van der Waals surface area (Å²) < 4.78 is 16.1. The molecule has 0 N–H and O–H groups in total. The number of aryl methyl sites for hydroxylation is 2. The largest absolute Gasteiger partial charge is 0.481 e. The first-order valence-corrected chi connectivity index (χ1v) is 7.48. The van der Waals surface area contributed by atoms with E-state index in [0.717, 1.165) is 10.9 Å². The second kappa shape index (κ2) is 6.07. The highest BCUT2D eigenvalue weighted by atomic mass is 16.6. The highest BCUT2D eigenvalue weighted by Crippen LogP contribution is 2.29. The molecule has 5 nitrogen and oxygen atoms in total. The van der Waals surface area contributed by atoms with Gasteiger partial charge < -0.3 is 13.9 Å². The molecule has 0 fully saturated rings. The van der Waals surface area contributed by atoms with Gasteiger partial charge in [-0.15, -0.1) is 0 Å². The molecule has 0 aliphatic rings. The molecule has 0 atom stereocenters. The quantitative estimate of drug-likeness (QED) is 0.640. The van der Waals surface area contributed by atoms with Gasteiger partial charge in [0, 0.05) is 16.5 Å². The molecule has 0 aliphatic carbocycles. The van der Waals surface area contributed by atoms with Gasteiger partial charge in [0.1, 0.15) is 16.9 Å². The van der Waals surface area contributed by atoms with Gasteiger partial charge in [0.2, 0.25) is 0 Å². The Morgan fingerprint density at radius 3 is 2.35 bits per heavy atom. The first kappa shape index (κ1) is 17.1. The van der Waals surface area contributed by atoms with Crippen LogP contribution in [0, 0.1) is 20.8 Å². The summed E-state index contributed by atoms with van der Waals surface area (Å²) in [5.41, 5.74) is 1.74. The van der Waals surface area contributed by atoms with Crippen LogP contribution in [0.4, 0.5) is 0 Å². The molecule has 0 aliphatic heterocycles. The Kier molecular flexibility index (Phi) is 4.50. The molecule has 1 aromatic carbocycles. The van der Waals surface area contributed by atoms with E-state index in [1.807, 2.05) is 13.0 Å². The van der Waals surface area contributed by atoms with Crippen LogP contribution in [0.3, 0.4) is 0 Å². The van der Waals surface area contributed by atoms with Crippen molar-refractivity contribution in [3.8, 4) is 5.75 Å². The Balaban J connectivity index is 2.30. The van der Waals surface area contributed by atoms with E-state index in [-0.39, 0.29) is 12.2 Å². The number of carbonyl (C=O) groups is 1. The highest BCUT2D eigenvalue weighted by molar-refractivity contribution is 5.85. The van der Waals surface area contributed by atoms with Crippen LogP contribution in [0.5, 0.6) is 5.75 Å². The Morgan fingerprint density at radius 2 is 1.74 bits per heavy atom. The summed E-state index contributed by atoms with van der Waals surface area (Å²) in [6, 6.07) is 3.60. The lowest BCUT2D eigenvalue weighted by Crippen LogP contribution is -2.27. The molecule has 0 saturated carbocycles. The Hall–Kier alpha value is -2.30. The molecule has 23 heavy (non-hydrogen) atoms. The van der Waals surface area contributed by atoms with Crippen LogP contribution in [0.2, 0.25) is 0 Å². The number of rotatable bonds is 3. The molecule has 0 spiro atoms. The fraction of sp³-hybridized carbons (Fsp3) is 0.444. The van der Waals surface area contributed by atoms with Gasteiger partial charge in [-0.2, -0.15) is 0 Å². The zero-order chi connectivity index (χ0) is 17.4. The van der Waals surface area contributed by atoms with E-state index in [2.05, 4.69) is 0 Å². The third-order valence-corrected chi connectivity index (χ3v) is 3.59. The van der Waals surface area contributed by atoms with Gasteiger partial charge in [0.15, 0.2) is 6.61 Å². The summed E-state index contributed by atoms with van der Waals surface area (Å²) in [5.74, 6) is 0.0494. The first-order valence-electron chi connectivity index (χ1n) is 7.48. The number of fused-ring (bicyclic) bond motifs is 1. The summed E-state index contributed by atoms with van der Waals surface area (Å²) >= 11 is 0. The molecule has 2 rings (SSSR count). The van der Waals surface area contributed by atoms with E-state index < -0.39 is 11.6 Å². The average molecular weight is 318 g/mol. The van der Waals surface area contributed by atoms with Crippen LogP contribution in [0.25, 0.3) is 11.0 Å². The predicted octanol–water partition coefficient (Wildman–Crippen LogP) is 3.44. The number of benzene rings is 1. The maximum absolute atomic E-state index is 11.9. The highest BCUT2D eigenvalue weighted by Gasteiger charge is 2.18. The predicted molar refractivity (Wildman–Crippen MR) is 88.0 cm³/mol. The van der Waals surface area contributed by atoms with Crippen molar-refractivity contribution in [3.05, 3.63) is 39.2 Å². The second-order valence-electron chi connectivity index (χ2n) is 6.58. The minimum atomic E-state index is -0.555. The Morgan fingerprint density at radius 1 is 1.09 bits per heavy atom. The van der Waals surface area contributed by atoms with Crippen molar-refractivity contribution in [3.63, 3.8) is 0 Å². The molecular weight excluding hydrogens is 296 g/mol. The van der Waals surface area contributed by atoms with E-state index in [0.29, 0.717) is 22.5 Å². The molecule has 5 heteroatoms. The van der Waals surface area contributed by atoms with Gasteiger partial charge in [-0.3, -0.25) is 0 Å². The molecule has 0 unspecified atom stereocenters. The van der Waals surface area contributed by atoms with Crippen LogP contribution in [0.15, 0.2) is 21.3 Å². The number of esters is 1. The smallest absolute Gasteiger partial charge is 0.344 e. The molecular formula is C18H22O5. The zero-order valence-electron chi connectivity index (χ0n) is 14.4. The average Bonchev–Trinajstić information content (AvgIpc) is 2.43. The van der Waals surface area contributed by atoms with Gasteiger partial charge in [-0.1, -0.05) is 0 Å². The lowest BCUT2D eigenvalue weighted by atomic mass is 10.0. The SMILES string of the molecule is Cc1c(C)c2ccc(OCC(=O)OC(C)(C)C)c(C)c2oc1=O. The van der Waals surface area contributed by atoms with E-state index in [9.17, 15) is 9.59 Å². The summed E-state index contributed by atoms with van der Waals surface area (Å²) in [7, 11) is 0. The van der Waals surface area contributed by atoms with Crippen LogP contribution in [-0.2, 0) is 9.53 Å². The first-order chi connectivity index (χ1) is 10.6. The number of hydrogen-bond acceptors (Lipinski definition) is 5. The maximum atomic E-state index is 11.9. The monoisotopic (exact) mass is 318 g/mol. The molecule has 0 amide bonds. The van der Waals surface area contributed by atoms with Crippen molar-refractivity contribution in [2.24, 2.45) is 0 Å². The summed E-state index contributed by atoms with van der Waals surface area (Å²) in [4.78, 5) is 23.6. The van der Waals surface area contributed by atoms with Gasteiger partial charge in [-0.25, -0.2) is 9.59 Å². The van der Waals surface area contributed by atoms with Gasteiger partial charge in [0.25, 0.3) is 0 Å². The molecule has 124 valence electrons. The van der Waals surface area contributed by atoms with Crippen molar-refractivity contribution < 1.29 is 18.7 Å². The van der Waals surface area contributed by atoms with E-state index >= 15 is 0 Å². The van der Waals surface area contributed by atoms with E-state index in [1.165, 1.54) is 0 Å². The van der Waals surface area contributed by atoms with Crippen LogP contribution in [-0.4, -0.2) is 18.2 Å². The molecule has 1 aromatic heterocycles. The minimum Gasteiger partial charge on any atom is -0.481 e. The fourth-order valence-electron chi connectivity index (χ4n) is 2.29. The summed E-state index contributed by atoms with van der Waals surface area (Å²) in [6.07, 6.45) is 0. The maximum Gasteiger partial charge on any atom is 0.344 e. The third kappa shape index (κ3) is 3.73. The van der Waals surface area contributed by atoms with Crippen LogP contribution >= 0.6 is 0 Å². The summed E-state index contributed by atoms with van der Waals surface area (Å²) in [5, 5.41) is 0.865.